The van der Waals surface area contributed by atoms with E-state index in [4.69, 9.17) is 4.74 Å². The van der Waals surface area contributed by atoms with Crippen LogP contribution in [0.15, 0.2) is 34.4 Å². The predicted molar refractivity (Wildman–Crippen MR) is 71.2 cm³/mol. The van der Waals surface area contributed by atoms with Gasteiger partial charge in [0.1, 0.15) is 12.4 Å². The first kappa shape index (κ1) is 12.5. The maximum Gasteiger partial charge on any atom is 0.126 e. The van der Waals surface area contributed by atoms with Gasteiger partial charge in [0.25, 0.3) is 0 Å². The van der Waals surface area contributed by atoms with Crippen LogP contribution in [0.4, 0.5) is 0 Å². The first-order valence-electron chi connectivity index (χ1n) is 5.14. The molecule has 1 heterocycles. The van der Waals surface area contributed by atoms with Crippen LogP contribution in [0.3, 0.4) is 0 Å². The molecule has 0 bridgehead atoms. The lowest BCUT2D eigenvalue weighted by molar-refractivity contribution is 0.190. The van der Waals surface area contributed by atoms with Crippen LogP contribution in [0, 0.1) is 0 Å². The van der Waals surface area contributed by atoms with Gasteiger partial charge in [0.05, 0.1) is 16.5 Å². The second-order valence-electron chi connectivity index (χ2n) is 3.61. The Bertz CT molecular complexity index is 485. The maximum atomic E-state index is 9.65. The molecule has 0 aliphatic rings. The molecule has 1 aromatic carbocycles. The molecular formula is C12H12BrNO2S. The Morgan fingerprint density at radius 2 is 2.35 bits per heavy atom. The summed E-state index contributed by atoms with van der Waals surface area (Å²) in [5.74, 6) is 0.697. The quantitative estimate of drug-likeness (QED) is 0.938. The molecule has 0 saturated heterocycles. The Kier molecular flexibility index (Phi) is 4.15. The zero-order valence-corrected chi connectivity index (χ0v) is 11.7. The number of hydrogen-bond donors (Lipinski definition) is 1. The SMILES string of the molecule is CC(O)c1ccc(Br)cc1OCc1cncs1. The maximum absolute atomic E-state index is 9.65. The zero-order chi connectivity index (χ0) is 12.3. The van der Waals surface area contributed by atoms with Crippen molar-refractivity contribution in [1.29, 1.82) is 0 Å². The molecule has 2 aromatic rings. The number of nitrogens with zero attached hydrogens (tertiary/aromatic N) is 1. The summed E-state index contributed by atoms with van der Waals surface area (Å²) in [7, 11) is 0. The van der Waals surface area contributed by atoms with Crippen molar-refractivity contribution < 1.29 is 9.84 Å². The molecule has 0 saturated carbocycles. The highest BCUT2D eigenvalue weighted by molar-refractivity contribution is 9.10. The third kappa shape index (κ3) is 3.28. The molecule has 1 N–H and O–H groups in total. The highest BCUT2D eigenvalue weighted by Crippen LogP contribution is 2.29. The van der Waals surface area contributed by atoms with Crippen molar-refractivity contribution in [2.45, 2.75) is 19.6 Å². The summed E-state index contributed by atoms with van der Waals surface area (Å²) in [5.41, 5.74) is 2.56. The van der Waals surface area contributed by atoms with E-state index in [1.54, 1.807) is 30.0 Å². The molecule has 1 unspecified atom stereocenters. The fraction of sp³-hybridized carbons (Fsp3) is 0.250. The van der Waals surface area contributed by atoms with Crippen LogP contribution in [0.5, 0.6) is 5.75 Å². The molecule has 0 aliphatic carbocycles. The molecular weight excluding hydrogens is 302 g/mol. The normalized spacial score (nSPS) is 12.4. The van der Waals surface area contributed by atoms with Gasteiger partial charge in [-0.05, 0) is 19.1 Å². The summed E-state index contributed by atoms with van der Waals surface area (Å²) in [6.45, 7) is 2.20. The highest BCUT2D eigenvalue weighted by atomic mass is 79.9. The number of benzene rings is 1. The van der Waals surface area contributed by atoms with Crippen LogP contribution in [0.25, 0.3) is 0 Å². The number of aliphatic hydroxyl groups excluding tert-OH is 1. The van der Waals surface area contributed by atoms with E-state index in [0.29, 0.717) is 12.4 Å². The molecule has 1 aromatic heterocycles. The molecule has 90 valence electrons. The largest absolute Gasteiger partial charge is 0.488 e. The summed E-state index contributed by atoms with van der Waals surface area (Å²) in [4.78, 5) is 5.05. The number of ether oxygens (including phenoxy) is 1. The average molecular weight is 314 g/mol. The van der Waals surface area contributed by atoms with Gasteiger partial charge in [-0.1, -0.05) is 22.0 Å². The topological polar surface area (TPSA) is 42.4 Å². The Balaban J connectivity index is 2.16. The van der Waals surface area contributed by atoms with Gasteiger partial charge in [-0.15, -0.1) is 11.3 Å². The van der Waals surface area contributed by atoms with E-state index in [2.05, 4.69) is 20.9 Å². The molecule has 17 heavy (non-hydrogen) atoms. The molecule has 0 radical (unpaired) electrons. The molecule has 0 amide bonds. The van der Waals surface area contributed by atoms with Crippen molar-refractivity contribution in [1.82, 2.24) is 4.98 Å². The fourth-order valence-corrected chi connectivity index (χ4v) is 2.29. The molecule has 1 atom stereocenters. The molecule has 2 rings (SSSR count). The molecule has 3 nitrogen and oxygen atoms in total. The summed E-state index contributed by atoms with van der Waals surface area (Å²) < 4.78 is 6.64. The average Bonchev–Trinajstić information content (AvgIpc) is 2.78. The lowest BCUT2D eigenvalue weighted by Gasteiger charge is -2.13. The van der Waals surface area contributed by atoms with E-state index in [1.165, 1.54) is 0 Å². The number of aliphatic hydroxyl groups is 1. The molecule has 0 spiro atoms. The van der Waals surface area contributed by atoms with E-state index in [9.17, 15) is 5.11 Å². The van der Waals surface area contributed by atoms with Crippen molar-refractivity contribution in [3.05, 3.63) is 44.8 Å². The number of hydrogen-bond acceptors (Lipinski definition) is 4. The van der Waals surface area contributed by atoms with Crippen LogP contribution in [-0.2, 0) is 6.61 Å². The van der Waals surface area contributed by atoms with Gasteiger partial charge in [-0.3, -0.25) is 4.98 Å². The van der Waals surface area contributed by atoms with Gasteiger partial charge in [0, 0.05) is 16.2 Å². The fourth-order valence-electron chi connectivity index (χ4n) is 1.44. The molecule has 5 heteroatoms. The van der Waals surface area contributed by atoms with Crippen LogP contribution in [0.2, 0.25) is 0 Å². The van der Waals surface area contributed by atoms with Crippen molar-refractivity contribution >= 4 is 27.3 Å². The van der Waals surface area contributed by atoms with Crippen LogP contribution < -0.4 is 4.74 Å². The standard InChI is InChI=1S/C12H12BrNO2S/c1-8(15)11-3-2-9(13)4-12(11)16-6-10-5-14-7-17-10/h2-5,7-8,15H,6H2,1H3. The van der Waals surface area contributed by atoms with Crippen molar-refractivity contribution in [3.8, 4) is 5.75 Å². The minimum absolute atomic E-state index is 0.473. The summed E-state index contributed by atoms with van der Waals surface area (Å²) in [6, 6.07) is 5.61. The monoisotopic (exact) mass is 313 g/mol. The van der Waals surface area contributed by atoms with Gasteiger partial charge in [0.2, 0.25) is 0 Å². The predicted octanol–water partition coefficient (Wildman–Crippen LogP) is 3.54. The second kappa shape index (κ2) is 5.62. The van der Waals surface area contributed by atoms with Crippen molar-refractivity contribution in [3.63, 3.8) is 0 Å². The van der Waals surface area contributed by atoms with E-state index in [0.717, 1.165) is 14.9 Å². The van der Waals surface area contributed by atoms with Gasteiger partial charge in [-0.2, -0.15) is 0 Å². The van der Waals surface area contributed by atoms with Crippen LogP contribution in [0.1, 0.15) is 23.5 Å². The summed E-state index contributed by atoms with van der Waals surface area (Å²) >= 11 is 4.94. The summed E-state index contributed by atoms with van der Waals surface area (Å²) in [6.07, 6.45) is 1.24. The van der Waals surface area contributed by atoms with Crippen LogP contribution in [-0.4, -0.2) is 10.1 Å². The Hall–Kier alpha value is -0.910. The first-order chi connectivity index (χ1) is 8.16. The van der Waals surface area contributed by atoms with Crippen molar-refractivity contribution in [2.24, 2.45) is 0 Å². The van der Waals surface area contributed by atoms with Gasteiger partial charge in [0.15, 0.2) is 0 Å². The minimum Gasteiger partial charge on any atom is -0.488 e. The highest BCUT2D eigenvalue weighted by Gasteiger charge is 2.10. The Morgan fingerprint density at radius 1 is 1.53 bits per heavy atom. The zero-order valence-electron chi connectivity index (χ0n) is 9.26. The van der Waals surface area contributed by atoms with Gasteiger partial charge in [-0.25, -0.2) is 0 Å². The van der Waals surface area contributed by atoms with Gasteiger partial charge < -0.3 is 9.84 Å². The van der Waals surface area contributed by atoms with Crippen LogP contribution >= 0.6 is 27.3 Å². The Labute approximate surface area is 112 Å². The third-order valence-corrected chi connectivity index (χ3v) is 3.53. The number of thiazole rings is 1. The lowest BCUT2D eigenvalue weighted by Crippen LogP contribution is -2.00. The minimum atomic E-state index is -0.542. The molecule has 0 fully saturated rings. The first-order valence-corrected chi connectivity index (χ1v) is 6.82. The van der Waals surface area contributed by atoms with E-state index in [-0.39, 0.29) is 0 Å². The summed E-state index contributed by atoms with van der Waals surface area (Å²) in [5, 5.41) is 9.65. The number of aromatic nitrogens is 1. The second-order valence-corrected chi connectivity index (χ2v) is 5.50. The Morgan fingerprint density at radius 3 is 3.00 bits per heavy atom. The smallest absolute Gasteiger partial charge is 0.126 e. The number of rotatable bonds is 4. The third-order valence-electron chi connectivity index (χ3n) is 2.28. The number of halogens is 1. The van der Waals surface area contributed by atoms with E-state index in [1.807, 2.05) is 18.2 Å². The molecule has 0 aliphatic heterocycles. The van der Waals surface area contributed by atoms with E-state index < -0.39 is 6.10 Å². The van der Waals surface area contributed by atoms with E-state index >= 15 is 0 Å². The van der Waals surface area contributed by atoms with Crippen molar-refractivity contribution in [2.75, 3.05) is 0 Å². The van der Waals surface area contributed by atoms with Gasteiger partial charge >= 0.3 is 0 Å². The lowest BCUT2D eigenvalue weighted by atomic mass is 10.1.